The van der Waals surface area contributed by atoms with Crippen molar-refractivity contribution in [2.45, 2.75) is 19.5 Å². The zero-order valence-electron chi connectivity index (χ0n) is 12.9. The molecule has 0 atom stereocenters. The van der Waals surface area contributed by atoms with Gasteiger partial charge in [0, 0.05) is 11.5 Å². The predicted molar refractivity (Wildman–Crippen MR) is 78.5 cm³/mol. The van der Waals surface area contributed by atoms with Crippen LogP contribution in [0.25, 0.3) is 0 Å². The molecule has 2 saturated heterocycles. The van der Waals surface area contributed by atoms with E-state index in [4.69, 9.17) is 18.9 Å². The Kier molecular flexibility index (Phi) is 5.38. The van der Waals surface area contributed by atoms with Crippen LogP contribution in [0.15, 0.2) is 30.4 Å². The SMILES string of the molecule is CC=CC1COC(C2COC(c3ccc(F)c(F)c3)OC2)OC1. The fraction of sp³-hybridized carbons (Fsp3) is 0.529. The Morgan fingerprint density at radius 3 is 2.26 bits per heavy atom. The van der Waals surface area contributed by atoms with Crippen molar-refractivity contribution in [3.05, 3.63) is 47.5 Å². The standard InChI is InChI=1S/C17H20F2O4/c1-2-3-11-7-20-17(21-8-11)13-9-22-16(23-10-13)12-4-5-14(18)15(19)6-12/h2-6,11,13,16-17H,7-10H2,1H3. The second-order valence-electron chi connectivity index (χ2n) is 5.75. The fourth-order valence-corrected chi connectivity index (χ4v) is 2.72. The average molecular weight is 326 g/mol. The predicted octanol–water partition coefficient (Wildman–Crippen LogP) is 3.19. The quantitative estimate of drug-likeness (QED) is 0.800. The van der Waals surface area contributed by atoms with Gasteiger partial charge in [-0.15, -0.1) is 0 Å². The molecule has 0 radical (unpaired) electrons. The number of allylic oxidation sites excluding steroid dienone is 1. The van der Waals surface area contributed by atoms with Crippen LogP contribution in [0.3, 0.4) is 0 Å². The third-order valence-electron chi connectivity index (χ3n) is 3.94. The number of rotatable bonds is 3. The molecule has 0 spiro atoms. The Morgan fingerprint density at radius 2 is 1.65 bits per heavy atom. The first-order valence-corrected chi connectivity index (χ1v) is 7.71. The molecule has 0 bridgehead atoms. The molecule has 0 amide bonds. The van der Waals surface area contributed by atoms with Crippen LogP contribution < -0.4 is 0 Å². The third-order valence-corrected chi connectivity index (χ3v) is 3.94. The van der Waals surface area contributed by atoms with Crippen molar-refractivity contribution in [2.24, 2.45) is 11.8 Å². The van der Waals surface area contributed by atoms with Gasteiger partial charge in [-0.05, 0) is 19.1 Å². The topological polar surface area (TPSA) is 36.9 Å². The number of benzene rings is 1. The summed E-state index contributed by atoms with van der Waals surface area (Å²) in [5.74, 6) is -1.56. The monoisotopic (exact) mass is 326 g/mol. The van der Waals surface area contributed by atoms with Crippen molar-refractivity contribution in [1.29, 1.82) is 0 Å². The molecule has 2 fully saturated rings. The highest BCUT2D eigenvalue weighted by atomic mass is 19.2. The summed E-state index contributed by atoms with van der Waals surface area (Å²) in [5.41, 5.74) is 0.459. The zero-order valence-corrected chi connectivity index (χ0v) is 12.9. The van der Waals surface area contributed by atoms with Gasteiger partial charge >= 0.3 is 0 Å². The Hall–Kier alpha value is -1.34. The van der Waals surface area contributed by atoms with E-state index in [9.17, 15) is 8.78 Å². The van der Waals surface area contributed by atoms with Gasteiger partial charge in [-0.25, -0.2) is 8.78 Å². The molecule has 2 aliphatic heterocycles. The van der Waals surface area contributed by atoms with E-state index in [0.717, 1.165) is 12.1 Å². The van der Waals surface area contributed by atoms with E-state index in [2.05, 4.69) is 6.08 Å². The van der Waals surface area contributed by atoms with E-state index >= 15 is 0 Å². The number of halogens is 2. The maximum Gasteiger partial charge on any atom is 0.183 e. The number of ether oxygens (including phenoxy) is 4. The molecule has 1 aromatic rings. The minimum absolute atomic E-state index is 0.0388. The molecule has 23 heavy (non-hydrogen) atoms. The summed E-state index contributed by atoms with van der Waals surface area (Å²) in [6, 6.07) is 3.62. The van der Waals surface area contributed by atoms with Crippen LogP contribution in [0.5, 0.6) is 0 Å². The Balaban J connectivity index is 1.51. The molecule has 1 aromatic carbocycles. The second kappa shape index (κ2) is 7.49. The molecule has 6 heteroatoms. The van der Waals surface area contributed by atoms with E-state index in [1.54, 1.807) is 0 Å². The largest absolute Gasteiger partial charge is 0.351 e. The van der Waals surface area contributed by atoms with Gasteiger partial charge in [-0.2, -0.15) is 0 Å². The van der Waals surface area contributed by atoms with E-state index in [1.165, 1.54) is 6.07 Å². The van der Waals surface area contributed by atoms with Gasteiger partial charge in [-0.3, -0.25) is 0 Å². The molecule has 2 heterocycles. The molecule has 3 rings (SSSR count). The van der Waals surface area contributed by atoms with Crippen LogP contribution in [-0.2, 0) is 18.9 Å². The van der Waals surface area contributed by atoms with Gasteiger partial charge in [0.15, 0.2) is 24.2 Å². The summed E-state index contributed by atoms with van der Waals surface area (Å²) in [6.45, 7) is 3.94. The Morgan fingerprint density at radius 1 is 0.957 bits per heavy atom. The van der Waals surface area contributed by atoms with E-state index < -0.39 is 17.9 Å². The van der Waals surface area contributed by atoms with Crippen LogP contribution in [-0.4, -0.2) is 32.7 Å². The molecule has 0 saturated carbocycles. The van der Waals surface area contributed by atoms with Crippen LogP contribution in [0, 0.1) is 23.5 Å². The lowest BCUT2D eigenvalue weighted by atomic mass is 10.1. The van der Waals surface area contributed by atoms with E-state index in [1.807, 2.05) is 13.0 Å². The average Bonchev–Trinajstić information content (AvgIpc) is 2.59. The highest BCUT2D eigenvalue weighted by molar-refractivity contribution is 5.19. The zero-order chi connectivity index (χ0) is 16.2. The molecule has 4 nitrogen and oxygen atoms in total. The summed E-state index contributed by atoms with van der Waals surface area (Å²) in [5, 5.41) is 0. The first-order valence-electron chi connectivity index (χ1n) is 7.71. The molecule has 0 aromatic heterocycles. The molecular weight excluding hydrogens is 306 g/mol. The molecule has 0 aliphatic carbocycles. The molecule has 126 valence electrons. The Labute approximate surface area is 134 Å². The van der Waals surface area contributed by atoms with Crippen molar-refractivity contribution in [2.75, 3.05) is 26.4 Å². The van der Waals surface area contributed by atoms with Crippen molar-refractivity contribution in [1.82, 2.24) is 0 Å². The van der Waals surface area contributed by atoms with Crippen LogP contribution >= 0.6 is 0 Å². The van der Waals surface area contributed by atoms with Crippen LogP contribution in [0.2, 0.25) is 0 Å². The van der Waals surface area contributed by atoms with Gasteiger partial charge in [0.1, 0.15) is 0 Å². The maximum absolute atomic E-state index is 13.3. The summed E-state index contributed by atoms with van der Waals surface area (Å²) >= 11 is 0. The summed E-state index contributed by atoms with van der Waals surface area (Å²) in [4.78, 5) is 0. The van der Waals surface area contributed by atoms with Crippen molar-refractivity contribution < 1.29 is 27.7 Å². The minimum atomic E-state index is -0.911. The first kappa shape index (κ1) is 16.5. The van der Waals surface area contributed by atoms with Crippen LogP contribution in [0.4, 0.5) is 8.78 Å². The maximum atomic E-state index is 13.3. The molecule has 0 unspecified atom stereocenters. The third kappa shape index (κ3) is 3.95. The lowest BCUT2D eigenvalue weighted by Gasteiger charge is -2.37. The molecular formula is C17H20F2O4. The first-order chi connectivity index (χ1) is 11.2. The van der Waals surface area contributed by atoms with Gasteiger partial charge in [0.2, 0.25) is 0 Å². The highest BCUT2D eigenvalue weighted by Gasteiger charge is 2.33. The van der Waals surface area contributed by atoms with Crippen molar-refractivity contribution in [3.8, 4) is 0 Å². The normalized spacial score (nSPS) is 32.3. The smallest absolute Gasteiger partial charge is 0.183 e. The number of hydrogen-bond acceptors (Lipinski definition) is 4. The summed E-state index contributed by atoms with van der Waals surface area (Å²) in [7, 11) is 0. The minimum Gasteiger partial charge on any atom is -0.351 e. The van der Waals surface area contributed by atoms with Crippen LogP contribution in [0.1, 0.15) is 18.8 Å². The lowest BCUT2D eigenvalue weighted by Crippen LogP contribution is -2.42. The van der Waals surface area contributed by atoms with Gasteiger partial charge in [-0.1, -0.05) is 18.2 Å². The van der Waals surface area contributed by atoms with Crippen molar-refractivity contribution >= 4 is 0 Å². The van der Waals surface area contributed by atoms with E-state index in [-0.39, 0.29) is 18.1 Å². The van der Waals surface area contributed by atoms with Gasteiger partial charge < -0.3 is 18.9 Å². The Bertz CT molecular complexity index is 548. The fourth-order valence-electron chi connectivity index (χ4n) is 2.72. The molecule has 2 aliphatic rings. The van der Waals surface area contributed by atoms with Gasteiger partial charge in [0.25, 0.3) is 0 Å². The number of hydrogen-bond donors (Lipinski definition) is 0. The summed E-state index contributed by atoms with van der Waals surface area (Å²) in [6.07, 6.45) is 2.99. The highest BCUT2D eigenvalue weighted by Crippen LogP contribution is 2.29. The second-order valence-corrected chi connectivity index (χ2v) is 5.75. The van der Waals surface area contributed by atoms with E-state index in [0.29, 0.717) is 32.0 Å². The summed E-state index contributed by atoms with van der Waals surface area (Å²) < 4.78 is 48.9. The van der Waals surface area contributed by atoms with Gasteiger partial charge in [0.05, 0.1) is 32.3 Å². The van der Waals surface area contributed by atoms with Crippen molar-refractivity contribution in [3.63, 3.8) is 0 Å². The molecule has 0 N–H and O–H groups in total. The lowest BCUT2D eigenvalue weighted by molar-refractivity contribution is -0.280.